The van der Waals surface area contributed by atoms with Gasteiger partial charge in [0, 0.05) is 6.42 Å². The Labute approximate surface area is 116 Å². The SMILES string of the molecule is CCC(=Cc1cc(Br)c2c(c1)OCCCO2)CO. The van der Waals surface area contributed by atoms with Crippen molar-refractivity contribution < 1.29 is 14.6 Å². The van der Waals surface area contributed by atoms with Gasteiger partial charge >= 0.3 is 0 Å². The van der Waals surface area contributed by atoms with Crippen molar-refractivity contribution in [2.45, 2.75) is 19.8 Å². The highest BCUT2D eigenvalue weighted by Gasteiger charge is 2.14. The van der Waals surface area contributed by atoms with Gasteiger partial charge in [0.1, 0.15) is 0 Å². The lowest BCUT2D eigenvalue weighted by Crippen LogP contribution is -1.97. The Morgan fingerprint density at radius 1 is 1.39 bits per heavy atom. The lowest BCUT2D eigenvalue weighted by atomic mass is 10.1. The van der Waals surface area contributed by atoms with Crippen LogP contribution in [0.4, 0.5) is 0 Å². The second kappa shape index (κ2) is 6.25. The summed E-state index contributed by atoms with van der Waals surface area (Å²) in [7, 11) is 0. The molecule has 0 bridgehead atoms. The van der Waals surface area contributed by atoms with Crippen molar-refractivity contribution in [3.8, 4) is 11.5 Å². The molecule has 98 valence electrons. The van der Waals surface area contributed by atoms with Crippen LogP contribution in [-0.2, 0) is 0 Å². The quantitative estimate of drug-likeness (QED) is 0.929. The molecule has 1 aromatic carbocycles. The third kappa shape index (κ3) is 3.06. The Bertz CT molecular complexity index is 449. The molecule has 2 rings (SSSR count). The summed E-state index contributed by atoms with van der Waals surface area (Å²) in [4.78, 5) is 0. The highest BCUT2D eigenvalue weighted by atomic mass is 79.9. The number of rotatable bonds is 3. The zero-order valence-electron chi connectivity index (χ0n) is 10.4. The summed E-state index contributed by atoms with van der Waals surface area (Å²) in [5.74, 6) is 1.54. The second-order valence-electron chi connectivity index (χ2n) is 4.19. The van der Waals surface area contributed by atoms with Gasteiger partial charge in [-0.3, -0.25) is 0 Å². The predicted octanol–water partition coefficient (Wildman–Crippen LogP) is 3.40. The predicted molar refractivity (Wildman–Crippen MR) is 75.1 cm³/mol. The van der Waals surface area contributed by atoms with Crippen LogP contribution in [0.15, 0.2) is 22.2 Å². The molecule has 0 aliphatic carbocycles. The molecule has 4 heteroatoms. The largest absolute Gasteiger partial charge is 0.489 e. The molecule has 0 aromatic heterocycles. The number of halogens is 1. The summed E-state index contributed by atoms with van der Waals surface area (Å²) in [5.41, 5.74) is 2.01. The molecule has 0 unspecified atom stereocenters. The number of ether oxygens (including phenoxy) is 2. The van der Waals surface area contributed by atoms with Gasteiger partial charge in [0.15, 0.2) is 11.5 Å². The third-order valence-electron chi connectivity index (χ3n) is 2.85. The van der Waals surface area contributed by atoms with Gasteiger partial charge in [-0.2, -0.15) is 0 Å². The van der Waals surface area contributed by atoms with Crippen LogP contribution in [-0.4, -0.2) is 24.9 Å². The van der Waals surface area contributed by atoms with Gasteiger partial charge in [0.25, 0.3) is 0 Å². The van der Waals surface area contributed by atoms with Gasteiger partial charge in [-0.25, -0.2) is 0 Å². The molecule has 0 fully saturated rings. The molecule has 1 heterocycles. The fourth-order valence-electron chi connectivity index (χ4n) is 1.83. The molecule has 0 saturated carbocycles. The van der Waals surface area contributed by atoms with Gasteiger partial charge in [-0.05, 0) is 45.6 Å². The van der Waals surface area contributed by atoms with Crippen LogP contribution in [0.5, 0.6) is 11.5 Å². The Morgan fingerprint density at radius 2 is 2.17 bits per heavy atom. The topological polar surface area (TPSA) is 38.7 Å². The van der Waals surface area contributed by atoms with Gasteiger partial charge in [-0.1, -0.05) is 13.0 Å². The zero-order valence-corrected chi connectivity index (χ0v) is 12.0. The normalized spacial score (nSPS) is 15.4. The lowest BCUT2D eigenvalue weighted by Gasteiger charge is -2.11. The first-order chi connectivity index (χ1) is 8.74. The first kappa shape index (κ1) is 13.4. The van der Waals surface area contributed by atoms with Crippen molar-refractivity contribution in [1.82, 2.24) is 0 Å². The first-order valence-electron chi connectivity index (χ1n) is 6.14. The summed E-state index contributed by atoms with van der Waals surface area (Å²) >= 11 is 3.50. The molecular formula is C14H17BrO3. The average Bonchev–Trinajstić information content (AvgIpc) is 2.61. The van der Waals surface area contributed by atoms with Crippen LogP contribution in [0.2, 0.25) is 0 Å². The van der Waals surface area contributed by atoms with Gasteiger partial charge in [-0.15, -0.1) is 0 Å². The van der Waals surface area contributed by atoms with E-state index >= 15 is 0 Å². The van der Waals surface area contributed by atoms with Crippen molar-refractivity contribution in [2.75, 3.05) is 19.8 Å². The van der Waals surface area contributed by atoms with E-state index in [1.807, 2.05) is 25.1 Å². The van der Waals surface area contributed by atoms with Crippen LogP contribution in [0.25, 0.3) is 6.08 Å². The van der Waals surface area contributed by atoms with Crippen LogP contribution in [0.1, 0.15) is 25.3 Å². The average molecular weight is 313 g/mol. The van der Waals surface area contributed by atoms with Crippen molar-refractivity contribution in [3.63, 3.8) is 0 Å². The van der Waals surface area contributed by atoms with Crippen LogP contribution in [0, 0.1) is 0 Å². The molecule has 1 aromatic rings. The number of hydrogen-bond donors (Lipinski definition) is 1. The van der Waals surface area contributed by atoms with Crippen molar-refractivity contribution in [2.24, 2.45) is 0 Å². The van der Waals surface area contributed by atoms with Gasteiger partial charge in [0.2, 0.25) is 0 Å². The minimum absolute atomic E-state index is 0.0859. The van der Waals surface area contributed by atoms with E-state index in [-0.39, 0.29) is 6.61 Å². The molecule has 0 spiro atoms. The van der Waals surface area contributed by atoms with Gasteiger partial charge in [0.05, 0.1) is 24.3 Å². The molecular weight excluding hydrogens is 296 g/mol. The minimum Gasteiger partial charge on any atom is -0.489 e. The smallest absolute Gasteiger partial charge is 0.175 e. The summed E-state index contributed by atoms with van der Waals surface area (Å²) in [6.07, 6.45) is 3.71. The molecule has 18 heavy (non-hydrogen) atoms. The minimum atomic E-state index is 0.0859. The molecule has 0 saturated heterocycles. The summed E-state index contributed by atoms with van der Waals surface area (Å²) < 4.78 is 12.2. The van der Waals surface area contributed by atoms with E-state index in [4.69, 9.17) is 9.47 Å². The fourth-order valence-corrected chi connectivity index (χ4v) is 2.40. The maximum absolute atomic E-state index is 9.20. The van der Waals surface area contributed by atoms with Crippen LogP contribution in [0.3, 0.4) is 0 Å². The highest BCUT2D eigenvalue weighted by molar-refractivity contribution is 9.10. The van der Waals surface area contributed by atoms with Crippen molar-refractivity contribution >= 4 is 22.0 Å². The maximum atomic E-state index is 9.20. The Hall–Kier alpha value is -1.00. The summed E-state index contributed by atoms with van der Waals surface area (Å²) in [5, 5.41) is 9.20. The van der Waals surface area contributed by atoms with Crippen LogP contribution < -0.4 is 9.47 Å². The number of hydrogen-bond acceptors (Lipinski definition) is 3. The highest BCUT2D eigenvalue weighted by Crippen LogP contribution is 2.38. The first-order valence-corrected chi connectivity index (χ1v) is 6.93. The van der Waals surface area contributed by atoms with E-state index in [9.17, 15) is 5.11 Å². The standard InChI is InChI=1S/C14H17BrO3/c1-2-10(9-16)6-11-7-12(15)14-13(8-11)17-4-3-5-18-14/h6-8,16H,2-5,9H2,1H3. The fraction of sp³-hybridized carbons (Fsp3) is 0.429. The van der Waals surface area contributed by atoms with E-state index in [1.165, 1.54) is 0 Å². The monoisotopic (exact) mass is 312 g/mol. The molecule has 0 amide bonds. The van der Waals surface area contributed by atoms with E-state index in [0.29, 0.717) is 13.2 Å². The molecule has 1 N–H and O–H groups in total. The van der Waals surface area contributed by atoms with Crippen molar-refractivity contribution in [3.05, 3.63) is 27.7 Å². The van der Waals surface area contributed by atoms with Crippen molar-refractivity contribution in [1.29, 1.82) is 0 Å². The van der Waals surface area contributed by atoms with Crippen LogP contribution >= 0.6 is 15.9 Å². The Morgan fingerprint density at radius 3 is 2.89 bits per heavy atom. The molecule has 0 atom stereocenters. The number of aliphatic hydroxyl groups is 1. The Kier molecular flexibility index (Phi) is 4.66. The second-order valence-corrected chi connectivity index (χ2v) is 5.05. The number of benzene rings is 1. The van der Waals surface area contributed by atoms with E-state index in [1.54, 1.807) is 0 Å². The van der Waals surface area contributed by atoms with E-state index in [0.717, 1.165) is 39.9 Å². The molecule has 0 radical (unpaired) electrons. The number of aliphatic hydroxyl groups excluding tert-OH is 1. The third-order valence-corrected chi connectivity index (χ3v) is 3.44. The summed E-state index contributed by atoms with van der Waals surface area (Å²) in [6.45, 7) is 3.47. The lowest BCUT2D eigenvalue weighted by molar-refractivity contribution is 0.296. The maximum Gasteiger partial charge on any atom is 0.175 e. The molecule has 1 aliphatic heterocycles. The van der Waals surface area contributed by atoms with Gasteiger partial charge < -0.3 is 14.6 Å². The van der Waals surface area contributed by atoms with E-state index < -0.39 is 0 Å². The number of fused-ring (bicyclic) bond motifs is 1. The zero-order chi connectivity index (χ0) is 13.0. The molecule has 3 nitrogen and oxygen atoms in total. The molecule has 1 aliphatic rings. The Balaban J connectivity index is 2.37. The van der Waals surface area contributed by atoms with E-state index in [2.05, 4.69) is 15.9 Å². The summed E-state index contributed by atoms with van der Waals surface area (Å²) in [6, 6.07) is 3.94.